The maximum atomic E-state index is 12.4. The third-order valence-corrected chi connectivity index (χ3v) is 3.92. The molecule has 0 fully saturated rings. The number of rotatable bonds is 6. The van der Waals surface area contributed by atoms with Crippen molar-refractivity contribution in [2.24, 2.45) is 0 Å². The fraction of sp³-hybridized carbons (Fsp3) is 0.200. The van der Waals surface area contributed by atoms with Gasteiger partial charge in [-0.25, -0.2) is 0 Å². The highest BCUT2D eigenvalue weighted by atomic mass is 16.5. The number of aliphatic hydroxyl groups excluding tert-OH is 1. The summed E-state index contributed by atoms with van der Waals surface area (Å²) in [5.41, 5.74) is 2.12. The van der Waals surface area contributed by atoms with Gasteiger partial charge in [-0.2, -0.15) is 5.26 Å². The number of benzene rings is 2. The first-order chi connectivity index (χ1) is 12.1. The van der Waals surface area contributed by atoms with Crippen molar-refractivity contribution < 1.29 is 14.6 Å². The molecule has 128 valence electrons. The van der Waals surface area contributed by atoms with E-state index in [4.69, 9.17) is 10.00 Å². The van der Waals surface area contributed by atoms with Crippen LogP contribution in [0.4, 0.5) is 0 Å². The summed E-state index contributed by atoms with van der Waals surface area (Å²) in [6.45, 7) is -0.188. The third kappa shape index (κ3) is 4.69. The number of methoxy groups -OCH3 is 1. The Hall–Kier alpha value is -3.10. The smallest absolute Gasteiger partial charge is 0.246 e. The molecule has 5 nitrogen and oxygen atoms in total. The second-order valence-electron chi connectivity index (χ2n) is 5.49. The third-order valence-electron chi connectivity index (χ3n) is 3.92. The zero-order valence-electron chi connectivity index (χ0n) is 14.2. The summed E-state index contributed by atoms with van der Waals surface area (Å²) in [7, 11) is 3.23. The molecule has 0 saturated heterocycles. The number of nitrogens with zero attached hydrogens (tertiary/aromatic N) is 2. The van der Waals surface area contributed by atoms with Crippen LogP contribution in [0.15, 0.2) is 54.6 Å². The molecule has 1 atom stereocenters. The van der Waals surface area contributed by atoms with Gasteiger partial charge in [0.2, 0.25) is 5.91 Å². The highest BCUT2D eigenvalue weighted by Crippen LogP contribution is 2.22. The van der Waals surface area contributed by atoms with E-state index in [0.29, 0.717) is 11.3 Å². The number of nitriles is 1. The van der Waals surface area contributed by atoms with Gasteiger partial charge in [-0.3, -0.25) is 4.79 Å². The Labute approximate surface area is 147 Å². The monoisotopic (exact) mass is 336 g/mol. The van der Waals surface area contributed by atoms with E-state index in [0.717, 1.165) is 11.1 Å². The van der Waals surface area contributed by atoms with Crippen molar-refractivity contribution in [2.75, 3.05) is 20.8 Å². The lowest BCUT2D eigenvalue weighted by Crippen LogP contribution is -2.32. The summed E-state index contributed by atoms with van der Waals surface area (Å²) in [6.07, 6.45) is 3.09. The average Bonchev–Trinajstić information content (AvgIpc) is 2.67. The number of carbonyl (C=O) groups excluding carboxylic acids is 1. The van der Waals surface area contributed by atoms with E-state index in [1.807, 2.05) is 18.2 Å². The number of hydrogen-bond donors (Lipinski definition) is 1. The topological polar surface area (TPSA) is 73.6 Å². The number of carbonyl (C=O) groups is 1. The van der Waals surface area contributed by atoms with Crippen LogP contribution in [0.3, 0.4) is 0 Å². The molecular formula is C20H20N2O3. The number of aliphatic hydroxyl groups is 1. The molecule has 0 radical (unpaired) electrons. The molecule has 0 bridgehead atoms. The van der Waals surface area contributed by atoms with Crippen LogP contribution in [0.2, 0.25) is 0 Å². The molecule has 0 aliphatic carbocycles. The minimum Gasteiger partial charge on any atom is -0.497 e. The molecular weight excluding hydrogens is 316 g/mol. The standard InChI is InChI=1S/C20H20N2O3/c1-22(19(14-23)17-7-9-18(25-2)10-8-17)20(24)11-6-15-4-3-5-16(12-15)13-21/h3-12,19,23H,14H2,1-2H3/b11-6+. The molecule has 0 aliphatic rings. The van der Waals surface area contributed by atoms with Crippen LogP contribution in [-0.4, -0.2) is 36.7 Å². The van der Waals surface area contributed by atoms with E-state index in [-0.39, 0.29) is 12.5 Å². The molecule has 1 N–H and O–H groups in total. The van der Waals surface area contributed by atoms with Crippen LogP contribution in [0.5, 0.6) is 5.75 Å². The van der Waals surface area contributed by atoms with Gasteiger partial charge in [0.25, 0.3) is 0 Å². The minimum absolute atomic E-state index is 0.188. The van der Waals surface area contributed by atoms with E-state index in [2.05, 4.69) is 6.07 Å². The van der Waals surface area contributed by atoms with Gasteiger partial charge in [0.15, 0.2) is 0 Å². The number of amides is 1. The van der Waals surface area contributed by atoms with Crippen molar-refractivity contribution in [3.63, 3.8) is 0 Å². The van der Waals surface area contributed by atoms with Crippen LogP contribution in [0.25, 0.3) is 6.08 Å². The number of ether oxygens (including phenoxy) is 1. The quantitative estimate of drug-likeness (QED) is 0.823. The lowest BCUT2D eigenvalue weighted by atomic mass is 10.1. The zero-order chi connectivity index (χ0) is 18.2. The van der Waals surface area contributed by atoms with Gasteiger partial charge in [0, 0.05) is 13.1 Å². The molecule has 2 rings (SSSR count). The van der Waals surface area contributed by atoms with Crippen molar-refractivity contribution in [3.8, 4) is 11.8 Å². The first-order valence-electron chi connectivity index (χ1n) is 7.79. The van der Waals surface area contributed by atoms with E-state index >= 15 is 0 Å². The summed E-state index contributed by atoms with van der Waals surface area (Å²) in [5.74, 6) is 0.476. The summed E-state index contributed by atoms with van der Waals surface area (Å²) >= 11 is 0. The van der Waals surface area contributed by atoms with Gasteiger partial charge in [-0.15, -0.1) is 0 Å². The van der Waals surface area contributed by atoms with Gasteiger partial charge in [-0.05, 0) is 41.5 Å². The zero-order valence-corrected chi connectivity index (χ0v) is 14.2. The first kappa shape index (κ1) is 18.2. The normalized spacial score (nSPS) is 11.8. The number of hydrogen-bond acceptors (Lipinski definition) is 4. The van der Waals surface area contributed by atoms with Gasteiger partial charge >= 0.3 is 0 Å². The molecule has 5 heteroatoms. The molecule has 0 saturated carbocycles. The Morgan fingerprint density at radius 3 is 2.64 bits per heavy atom. The van der Waals surface area contributed by atoms with Crippen LogP contribution in [0, 0.1) is 11.3 Å². The molecule has 2 aromatic rings. The highest BCUT2D eigenvalue weighted by Gasteiger charge is 2.19. The predicted molar refractivity (Wildman–Crippen MR) is 95.8 cm³/mol. The van der Waals surface area contributed by atoms with Crippen LogP contribution in [-0.2, 0) is 4.79 Å². The lowest BCUT2D eigenvalue weighted by Gasteiger charge is -2.26. The SMILES string of the molecule is COc1ccc(C(CO)N(C)C(=O)/C=C/c2cccc(C#N)c2)cc1. The molecule has 1 amide bonds. The Bertz CT molecular complexity index is 791. The molecule has 1 unspecified atom stereocenters. The Balaban J connectivity index is 2.13. The Morgan fingerprint density at radius 1 is 1.32 bits per heavy atom. The molecule has 2 aromatic carbocycles. The molecule has 0 heterocycles. The van der Waals surface area contributed by atoms with Crippen molar-refractivity contribution in [2.45, 2.75) is 6.04 Å². The summed E-state index contributed by atoms with van der Waals surface area (Å²) < 4.78 is 5.12. The predicted octanol–water partition coefficient (Wildman–Crippen LogP) is 2.77. The maximum Gasteiger partial charge on any atom is 0.246 e. The Kier molecular flexibility index (Phi) is 6.33. The van der Waals surface area contributed by atoms with Crippen molar-refractivity contribution in [3.05, 3.63) is 71.3 Å². The van der Waals surface area contributed by atoms with Crippen LogP contribution < -0.4 is 4.74 Å². The van der Waals surface area contributed by atoms with Gasteiger partial charge in [0.05, 0.1) is 31.4 Å². The van der Waals surface area contributed by atoms with Gasteiger partial charge < -0.3 is 14.7 Å². The van der Waals surface area contributed by atoms with Crippen LogP contribution >= 0.6 is 0 Å². The summed E-state index contributed by atoms with van der Waals surface area (Å²) in [6, 6.07) is 15.8. The summed E-state index contributed by atoms with van der Waals surface area (Å²) in [4.78, 5) is 13.9. The average molecular weight is 336 g/mol. The minimum atomic E-state index is -0.450. The number of likely N-dealkylation sites (N-methyl/N-ethyl adjacent to an activating group) is 1. The maximum absolute atomic E-state index is 12.4. The second kappa shape index (κ2) is 8.67. The molecule has 0 aromatic heterocycles. The largest absolute Gasteiger partial charge is 0.497 e. The van der Waals surface area contributed by atoms with E-state index in [1.165, 1.54) is 11.0 Å². The molecule has 0 aliphatic heterocycles. The highest BCUT2D eigenvalue weighted by molar-refractivity contribution is 5.92. The van der Waals surface area contributed by atoms with E-state index in [9.17, 15) is 9.90 Å². The fourth-order valence-corrected chi connectivity index (χ4v) is 2.43. The van der Waals surface area contributed by atoms with Crippen molar-refractivity contribution in [1.82, 2.24) is 4.90 Å². The van der Waals surface area contributed by atoms with E-state index in [1.54, 1.807) is 50.6 Å². The van der Waals surface area contributed by atoms with Gasteiger partial charge in [-0.1, -0.05) is 24.3 Å². The first-order valence-corrected chi connectivity index (χ1v) is 7.79. The molecule has 0 spiro atoms. The fourth-order valence-electron chi connectivity index (χ4n) is 2.43. The summed E-state index contributed by atoms with van der Waals surface area (Å²) in [5, 5.41) is 18.6. The van der Waals surface area contributed by atoms with E-state index < -0.39 is 6.04 Å². The second-order valence-corrected chi connectivity index (χ2v) is 5.49. The lowest BCUT2D eigenvalue weighted by molar-refractivity contribution is -0.127. The Morgan fingerprint density at radius 2 is 2.04 bits per heavy atom. The molecule has 25 heavy (non-hydrogen) atoms. The van der Waals surface area contributed by atoms with Crippen molar-refractivity contribution >= 4 is 12.0 Å². The van der Waals surface area contributed by atoms with Crippen LogP contribution in [0.1, 0.15) is 22.7 Å². The van der Waals surface area contributed by atoms with Crippen molar-refractivity contribution in [1.29, 1.82) is 5.26 Å². The van der Waals surface area contributed by atoms with Gasteiger partial charge in [0.1, 0.15) is 5.75 Å².